The Hall–Kier alpha value is -2.83. The number of hydrogen-bond donors (Lipinski definition) is 2. The summed E-state index contributed by atoms with van der Waals surface area (Å²) in [6.07, 6.45) is 2.33. The van der Waals surface area contributed by atoms with Crippen LogP contribution in [0.25, 0.3) is 10.9 Å². The second-order valence-electron chi connectivity index (χ2n) is 6.00. The maximum Gasteiger partial charge on any atom is 0.337 e. The van der Waals surface area contributed by atoms with Crippen LogP contribution in [0.2, 0.25) is 0 Å². The predicted octanol–water partition coefficient (Wildman–Crippen LogP) is 1.83. The van der Waals surface area contributed by atoms with E-state index in [-0.39, 0.29) is 11.5 Å². The third-order valence-electron chi connectivity index (χ3n) is 4.43. The van der Waals surface area contributed by atoms with Crippen LogP contribution in [0, 0.1) is 0 Å². The van der Waals surface area contributed by atoms with Crippen LogP contribution in [0.3, 0.4) is 0 Å². The molecule has 0 aliphatic carbocycles. The monoisotopic (exact) mass is 330 g/mol. The molecule has 3 rings (SSSR count). The van der Waals surface area contributed by atoms with Crippen molar-refractivity contribution in [2.75, 3.05) is 13.6 Å². The van der Waals surface area contributed by atoms with Crippen molar-refractivity contribution in [1.29, 1.82) is 0 Å². The number of hydrogen-bond acceptors (Lipinski definition) is 3. The fourth-order valence-electron chi connectivity index (χ4n) is 3.38. The SMILES string of the molecule is CN1CCCCc2c(n(CC(=O)O)c3c(C(=O)O)cccc23)C1=O. The number of carboxylic acids is 2. The standard InChI is InChI=1S/C17H18N2O5/c1-18-8-3-2-5-11-10-6-4-7-12(17(23)24)14(10)19(9-13(20)21)15(11)16(18)22/h4,6-7H,2-3,5,8-9H2,1H3,(H,20,21)(H,23,24). The molecule has 1 aromatic carbocycles. The van der Waals surface area contributed by atoms with Crippen LogP contribution in [-0.4, -0.2) is 51.1 Å². The molecule has 0 bridgehead atoms. The Kier molecular flexibility index (Phi) is 4.01. The maximum absolute atomic E-state index is 12.8. The van der Waals surface area contributed by atoms with Crippen molar-refractivity contribution in [3.63, 3.8) is 0 Å². The van der Waals surface area contributed by atoms with Gasteiger partial charge in [-0.2, -0.15) is 0 Å². The zero-order valence-electron chi connectivity index (χ0n) is 13.3. The molecule has 0 unspecified atom stereocenters. The molecule has 1 aliphatic rings. The Morgan fingerprint density at radius 1 is 1.21 bits per heavy atom. The summed E-state index contributed by atoms with van der Waals surface area (Å²) in [5.74, 6) is -2.52. The van der Waals surface area contributed by atoms with Crippen molar-refractivity contribution in [1.82, 2.24) is 9.47 Å². The second-order valence-corrected chi connectivity index (χ2v) is 6.00. The predicted molar refractivity (Wildman–Crippen MR) is 86.4 cm³/mol. The van der Waals surface area contributed by atoms with Crippen LogP contribution in [0.5, 0.6) is 0 Å². The summed E-state index contributed by atoms with van der Waals surface area (Å²) in [4.78, 5) is 37.3. The lowest BCUT2D eigenvalue weighted by atomic mass is 10.0. The van der Waals surface area contributed by atoms with Gasteiger partial charge in [-0.25, -0.2) is 4.79 Å². The zero-order valence-corrected chi connectivity index (χ0v) is 13.3. The van der Waals surface area contributed by atoms with Gasteiger partial charge >= 0.3 is 11.9 Å². The van der Waals surface area contributed by atoms with Crippen molar-refractivity contribution in [2.45, 2.75) is 25.8 Å². The van der Waals surface area contributed by atoms with Gasteiger partial charge < -0.3 is 19.7 Å². The molecule has 2 heterocycles. The van der Waals surface area contributed by atoms with E-state index >= 15 is 0 Å². The molecule has 0 saturated carbocycles. The highest BCUT2D eigenvalue weighted by atomic mass is 16.4. The van der Waals surface area contributed by atoms with E-state index in [0.29, 0.717) is 29.6 Å². The molecule has 0 saturated heterocycles. The quantitative estimate of drug-likeness (QED) is 0.894. The minimum absolute atomic E-state index is 0.0101. The Labute approximate surface area is 138 Å². The van der Waals surface area contributed by atoms with Gasteiger partial charge in [-0.15, -0.1) is 0 Å². The van der Waals surface area contributed by atoms with Crippen molar-refractivity contribution < 1.29 is 24.6 Å². The van der Waals surface area contributed by atoms with Crippen LogP contribution in [0.4, 0.5) is 0 Å². The highest BCUT2D eigenvalue weighted by Gasteiger charge is 2.29. The van der Waals surface area contributed by atoms with E-state index < -0.39 is 18.5 Å². The molecule has 2 N–H and O–H groups in total. The molecule has 0 radical (unpaired) electrons. The lowest BCUT2D eigenvalue weighted by Gasteiger charge is -2.22. The Bertz CT molecular complexity index is 852. The third-order valence-corrected chi connectivity index (χ3v) is 4.43. The summed E-state index contributed by atoms with van der Waals surface area (Å²) in [7, 11) is 1.68. The highest BCUT2D eigenvalue weighted by molar-refractivity contribution is 6.08. The highest BCUT2D eigenvalue weighted by Crippen LogP contribution is 2.32. The lowest BCUT2D eigenvalue weighted by molar-refractivity contribution is -0.137. The molecule has 0 fully saturated rings. The fraction of sp³-hybridized carbons (Fsp3) is 0.353. The minimum atomic E-state index is -1.14. The number of carboxylic acid groups (broad SMARTS) is 2. The summed E-state index contributed by atoms with van der Waals surface area (Å²) in [5.41, 5.74) is 1.35. The van der Waals surface area contributed by atoms with Gasteiger partial charge in [-0.1, -0.05) is 12.1 Å². The lowest BCUT2D eigenvalue weighted by Crippen LogP contribution is -2.32. The number of para-hydroxylation sites is 1. The van der Waals surface area contributed by atoms with Crippen LogP contribution >= 0.6 is 0 Å². The minimum Gasteiger partial charge on any atom is -0.480 e. The first-order valence-corrected chi connectivity index (χ1v) is 7.76. The molecule has 0 spiro atoms. The number of carbonyl (C=O) groups excluding carboxylic acids is 1. The molecule has 1 aliphatic heterocycles. The average Bonchev–Trinajstić information content (AvgIpc) is 2.82. The second kappa shape index (κ2) is 5.99. The molecule has 24 heavy (non-hydrogen) atoms. The van der Waals surface area contributed by atoms with Gasteiger partial charge in [0.05, 0.1) is 11.1 Å². The zero-order chi connectivity index (χ0) is 17.4. The normalized spacial score (nSPS) is 15.0. The fourth-order valence-corrected chi connectivity index (χ4v) is 3.38. The van der Waals surface area contributed by atoms with Gasteiger partial charge in [-0.05, 0) is 30.9 Å². The summed E-state index contributed by atoms with van der Waals surface area (Å²) in [6, 6.07) is 4.82. The first-order chi connectivity index (χ1) is 11.4. The van der Waals surface area contributed by atoms with Crippen molar-refractivity contribution in [3.8, 4) is 0 Å². The van der Waals surface area contributed by atoms with Crippen molar-refractivity contribution in [3.05, 3.63) is 35.0 Å². The topological polar surface area (TPSA) is 99.8 Å². The maximum atomic E-state index is 12.8. The van der Waals surface area contributed by atoms with E-state index in [1.54, 1.807) is 24.1 Å². The number of carbonyl (C=O) groups is 3. The number of aliphatic carboxylic acids is 1. The van der Waals surface area contributed by atoms with E-state index in [0.717, 1.165) is 18.4 Å². The van der Waals surface area contributed by atoms with Gasteiger partial charge in [0.1, 0.15) is 12.2 Å². The smallest absolute Gasteiger partial charge is 0.337 e. The summed E-state index contributed by atoms with van der Waals surface area (Å²) in [6.45, 7) is 0.147. The van der Waals surface area contributed by atoms with Gasteiger partial charge in [0, 0.05) is 19.0 Å². The number of rotatable bonds is 3. The number of benzene rings is 1. The Balaban J connectivity index is 2.41. The average molecular weight is 330 g/mol. The van der Waals surface area contributed by atoms with E-state index in [9.17, 15) is 24.6 Å². The molecule has 2 aromatic rings. The van der Waals surface area contributed by atoms with Gasteiger partial charge in [-0.3, -0.25) is 9.59 Å². The summed E-state index contributed by atoms with van der Waals surface area (Å²) in [5, 5.41) is 19.4. The van der Waals surface area contributed by atoms with Crippen LogP contribution < -0.4 is 0 Å². The number of amides is 1. The Morgan fingerprint density at radius 2 is 1.96 bits per heavy atom. The Morgan fingerprint density at radius 3 is 2.62 bits per heavy atom. The van der Waals surface area contributed by atoms with E-state index in [1.807, 2.05) is 0 Å². The third kappa shape index (κ3) is 2.51. The largest absolute Gasteiger partial charge is 0.480 e. The molecule has 1 amide bonds. The summed E-state index contributed by atoms with van der Waals surface area (Å²) < 4.78 is 1.35. The first-order valence-electron chi connectivity index (χ1n) is 7.76. The molecular weight excluding hydrogens is 312 g/mol. The van der Waals surface area contributed by atoms with Crippen molar-refractivity contribution >= 4 is 28.7 Å². The first kappa shape index (κ1) is 16.0. The van der Waals surface area contributed by atoms with Gasteiger partial charge in [0.15, 0.2) is 0 Å². The van der Waals surface area contributed by atoms with Gasteiger partial charge in [0.25, 0.3) is 5.91 Å². The van der Waals surface area contributed by atoms with E-state index in [4.69, 9.17) is 0 Å². The summed E-state index contributed by atoms with van der Waals surface area (Å²) >= 11 is 0. The van der Waals surface area contributed by atoms with Gasteiger partial charge in [0.2, 0.25) is 0 Å². The number of aryl methyl sites for hydroxylation is 1. The number of fused-ring (bicyclic) bond motifs is 3. The van der Waals surface area contributed by atoms with Crippen LogP contribution in [0.15, 0.2) is 18.2 Å². The van der Waals surface area contributed by atoms with Crippen molar-refractivity contribution in [2.24, 2.45) is 0 Å². The van der Waals surface area contributed by atoms with E-state index in [1.165, 1.54) is 10.6 Å². The van der Waals surface area contributed by atoms with Crippen LogP contribution in [-0.2, 0) is 17.8 Å². The van der Waals surface area contributed by atoms with Crippen LogP contribution in [0.1, 0.15) is 39.3 Å². The molecule has 0 atom stereocenters. The van der Waals surface area contributed by atoms with E-state index in [2.05, 4.69) is 0 Å². The number of aromatic carboxylic acids is 1. The number of nitrogens with zero attached hydrogens (tertiary/aromatic N) is 2. The molecule has 126 valence electrons. The molecule has 7 heteroatoms. The molecule has 1 aromatic heterocycles. The number of aromatic nitrogens is 1. The molecule has 7 nitrogen and oxygen atoms in total. The molecular formula is C17H18N2O5.